The van der Waals surface area contributed by atoms with Gasteiger partial charge in [0.2, 0.25) is 0 Å². The van der Waals surface area contributed by atoms with Crippen molar-refractivity contribution in [1.29, 1.82) is 0 Å². The van der Waals surface area contributed by atoms with Crippen LogP contribution in [0.15, 0.2) is 48.6 Å². The number of aliphatic hydroxyl groups is 1. The SMILES string of the molecule is O=C(C=Cc1ccc(O)c(O)c1)O[C@@H]1[C@H](O)CC[C@@H]1OC(=O)C=Cc1ccc(O)c(O)c1. The highest BCUT2D eigenvalue weighted by Gasteiger charge is 2.40. The van der Waals surface area contributed by atoms with E-state index in [1.54, 1.807) is 0 Å². The predicted octanol–water partition coefficient (Wildman–Crippen LogP) is 2.21. The molecular weight excluding hydrogens is 420 g/mol. The van der Waals surface area contributed by atoms with Gasteiger partial charge in [-0.15, -0.1) is 0 Å². The molecule has 3 rings (SSSR count). The molecule has 0 bridgehead atoms. The first-order chi connectivity index (χ1) is 15.2. The number of phenols is 4. The van der Waals surface area contributed by atoms with Gasteiger partial charge in [0, 0.05) is 12.2 Å². The molecule has 2 aromatic rings. The van der Waals surface area contributed by atoms with Crippen LogP contribution in [0, 0.1) is 0 Å². The molecule has 9 heteroatoms. The van der Waals surface area contributed by atoms with Crippen molar-refractivity contribution in [2.75, 3.05) is 0 Å². The Kier molecular flexibility index (Phi) is 7.01. The molecule has 1 aliphatic carbocycles. The minimum atomic E-state index is -1.05. The van der Waals surface area contributed by atoms with Crippen LogP contribution in [0.4, 0.5) is 0 Å². The highest BCUT2D eigenvalue weighted by atomic mass is 16.6. The number of rotatable bonds is 6. The van der Waals surface area contributed by atoms with Gasteiger partial charge < -0.3 is 35.0 Å². The van der Waals surface area contributed by atoms with E-state index in [1.165, 1.54) is 48.6 Å². The maximum absolute atomic E-state index is 12.1. The van der Waals surface area contributed by atoms with Crippen molar-refractivity contribution < 1.29 is 44.6 Å². The van der Waals surface area contributed by atoms with E-state index in [1.807, 2.05) is 0 Å². The number of esters is 2. The third-order valence-electron chi connectivity index (χ3n) is 4.84. The van der Waals surface area contributed by atoms with Gasteiger partial charge in [-0.1, -0.05) is 12.1 Å². The molecule has 3 atom stereocenters. The van der Waals surface area contributed by atoms with E-state index >= 15 is 0 Å². The Morgan fingerprint density at radius 1 is 0.750 bits per heavy atom. The van der Waals surface area contributed by atoms with Crippen molar-refractivity contribution >= 4 is 24.1 Å². The van der Waals surface area contributed by atoms with E-state index < -0.39 is 30.3 Å². The highest BCUT2D eigenvalue weighted by Crippen LogP contribution is 2.28. The van der Waals surface area contributed by atoms with E-state index in [4.69, 9.17) is 9.47 Å². The lowest BCUT2D eigenvalue weighted by molar-refractivity contribution is -0.163. The molecule has 1 aliphatic rings. The monoisotopic (exact) mass is 442 g/mol. The fourth-order valence-electron chi connectivity index (χ4n) is 3.17. The second kappa shape index (κ2) is 9.88. The minimum absolute atomic E-state index is 0.279. The standard InChI is InChI=1S/C23H22O9/c24-15-5-1-13(11-18(15)27)3-9-21(29)31-20-8-7-17(26)23(20)32-22(30)10-4-14-2-6-16(25)19(28)12-14/h1-6,9-12,17,20,23-28H,7-8H2/t17-,20+,23-/m1/s1. The normalized spacial score (nSPS) is 20.6. The smallest absolute Gasteiger partial charge is 0.331 e. The quantitative estimate of drug-likeness (QED) is 0.257. The summed E-state index contributed by atoms with van der Waals surface area (Å²) in [5.74, 6) is -2.76. The fraction of sp³-hybridized carbons (Fsp3) is 0.217. The van der Waals surface area contributed by atoms with Crippen molar-refractivity contribution in [3.63, 3.8) is 0 Å². The number of carbonyl (C=O) groups is 2. The maximum Gasteiger partial charge on any atom is 0.331 e. The number of carbonyl (C=O) groups excluding carboxylic acids is 2. The van der Waals surface area contributed by atoms with E-state index in [9.17, 15) is 35.1 Å². The van der Waals surface area contributed by atoms with Gasteiger partial charge in [-0.05, 0) is 60.4 Å². The second-order valence-corrected chi connectivity index (χ2v) is 7.18. The molecule has 0 aliphatic heterocycles. The van der Waals surface area contributed by atoms with Crippen LogP contribution in [0.1, 0.15) is 24.0 Å². The third-order valence-corrected chi connectivity index (χ3v) is 4.84. The van der Waals surface area contributed by atoms with Crippen molar-refractivity contribution in [3.8, 4) is 23.0 Å². The van der Waals surface area contributed by atoms with E-state index in [2.05, 4.69) is 0 Å². The number of hydrogen-bond donors (Lipinski definition) is 5. The van der Waals surface area contributed by atoms with Crippen molar-refractivity contribution in [3.05, 3.63) is 59.7 Å². The third kappa shape index (κ3) is 5.79. The van der Waals surface area contributed by atoms with E-state index in [0.29, 0.717) is 17.5 Å². The van der Waals surface area contributed by atoms with Gasteiger partial charge in [-0.2, -0.15) is 0 Å². The van der Waals surface area contributed by atoms with Gasteiger partial charge in [0.05, 0.1) is 6.10 Å². The molecule has 0 spiro atoms. The summed E-state index contributed by atoms with van der Waals surface area (Å²) < 4.78 is 10.6. The molecule has 0 aromatic heterocycles. The number of benzene rings is 2. The lowest BCUT2D eigenvalue weighted by atomic mass is 10.2. The largest absolute Gasteiger partial charge is 0.504 e. The number of aliphatic hydroxyl groups excluding tert-OH is 1. The first-order valence-electron chi connectivity index (χ1n) is 9.72. The summed E-state index contributed by atoms with van der Waals surface area (Å²) in [6, 6.07) is 8.04. The minimum Gasteiger partial charge on any atom is -0.504 e. The molecule has 5 N–H and O–H groups in total. The van der Waals surface area contributed by atoms with Gasteiger partial charge in [0.1, 0.15) is 6.10 Å². The van der Waals surface area contributed by atoms with Crippen LogP contribution in [0.5, 0.6) is 23.0 Å². The highest BCUT2D eigenvalue weighted by molar-refractivity contribution is 5.88. The Morgan fingerprint density at radius 2 is 1.25 bits per heavy atom. The summed E-state index contributed by atoms with van der Waals surface area (Å²) in [4.78, 5) is 24.3. The number of aromatic hydroxyl groups is 4. The zero-order chi connectivity index (χ0) is 23.3. The lowest BCUT2D eigenvalue weighted by Crippen LogP contribution is -2.36. The van der Waals surface area contributed by atoms with Gasteiger partial charge in [0.25, 0.3) is 0 Å². The van der Waals surface area contributed by atoms with Gasteiger partial charge in [-0.25, -0.2) is 9.59 Å². The second-order valence-electron chi connectivity index (χ2n) is 7.18. The summed E-state index contributed by atoms with van der Waals surface area (Å²) in [6.07, 6.45) is 2.64. The summed E-state index contributed by atoms with van der Waals surface area (Å²) in [5, 5.41) is 47.7. The molecule has 9 nitrogen and oxygen atoms in total. The summed E-state index contributed by atoms with van der Waals surface area (Å²) >= 11 is 0. The fourth-order valence-corrected chi connectivity index (χ4v) is 3.17. The Hall–Kier alpha value is -3.98. The Morgan fingerprint density at radius 3 is 1.75 bits per heavy atom. The van der Waals surface area contributed by atoms with Crippen molar-refractivity contribution in [2.45, 2.75) is 31.2 Å². The van der Waals surface area contributed by atoms with E-state index in [-0.39, 0.29) is 29.4 Å². The van der Waals surface area contributed by atoms with Crippen LogP contribution in [-0.4, -0.2) is 55.8 Å². The molecule has 168 valence electrons. The maximum atomic E-state index is 12.1. The zero-order valence-corrected chi connectivity index (χ0v) is 16.8. The Balaban J connectivity index is 1.58. The van der Waals surface area contributed by atoms with Crippen LogP contribution in [0.3, 0.4) is 0 Å². The molecule has 1 saturated carbocycles. The summed E-state index contributed by atoms with van der Waals surface area (Å²) in [5.41, 5.74) is 0.898. The first kappa shape index (κ1) is 22.7. The molecule has 1 fully saturated rings. The van der Waals surface area contributed by atoms with Crippen LogP contribution in [-0.2, 0) is 19.1 Å². The number of phenolic OH excluding ortho intramolecular Hbond substituents is 4. The van der Waals surface area contributed by atoms with Gasteiger partial charge >= 0.3 is 11.9 Å². The zero-order valence-electron chi connectivity index (χ0n) is 16.8. The topological polar surface area (TPSA) is 154 Å². The average Bonchev–Trinajstić information content (AvgIpc) is 3.09. The molecule has 0 radical (unpaired) electrons. The lowest BCUT2D eigenvalue weighted by Gasteiger charge is -2.21. The first-order valence-corrected chi connectivity index (χ1v) is 9.72. The van der Waals surface area contributed by atoms with Crippen molar-refractivity contribution in [2.24, 2.45) is 0 Å². The molecule has 0 amide bonds. The van der Waals surface area contributed by atoms with E-state index in [0.717, 1.165) is 12.2 Å². The average molecular weight is 442 g/mol. The van der Waals surface area contributed by atoms with Crippen molar-refractivity contribution in [1.82, 2.24) is 0 Å². The molecule has 32 heavy (non-hydrogen) atoms. The Labute approximate surface area is 183 Å². The Bertz CT molecular complexity index is 1060. The molecule has 0 heterocycles. The van der Waals surface area contributed by atoms with Crippen LogP contribution in [0.2, 0.25) is 0 Å². The number of hydrogen-bond acceptors (Lipinski definition) is 9. The molecule has 0 saturated heterocycles. The van der Waals surface area contributed by atoms with Crippen LogP contribution >= 0.6 is 0 Å². The van der Waals surface area contributed by atoms with Gasteiger partial charge in [0.15, 0.2) is 29.1 Å². The predicted molar refractivity (Wildman–Crippen MR) is 113 cm³/mol. The summed E-state index contributed by atoms with van der Waals surface area (Å²) in [7, 11) is 0. The van der Waals surface area contributed by atoms with Crippen LogP contribution in [0.25, 0.3) is 12.2 Å². The van der Waals surface area contributed by atoms with Gasteiger partial charge in [-0.3, -0.25) is 0 Å². The number of ether oxygens (including phenoxy) is 2. The van der Waals surface area contributed by atoms with Crippen LogP contribution < -0.4 is 0 Å². The summed E-state index contributed by atoms with van der Waals surface area (Å²) in [6.45, 7) is 0. The molecule has 2 aromatic carbocycles. The molecular formula is C23H22O9. The molecule has 0 unspecified atom stereocenters.